The Bertz CT molecular complexity index is 332. The molecule has 108 valence electrons. The normalized spacial score (nSPS) is 25.4. The number of ether oxygens (including phenoxy) is 2. The van der Waals surface area contributed by atoms with Crippen molar-refractivity contribution in [2.75, 3.05) is 26.4 Å². The minimum atomic E-state index is -1.07. The predicted octanol–water partition coefficient (Wildman–Crippen LogP) is 0.553. The second-order valence-electron chi connectivity index (χ2n) is 5.39. The molecule has 6 nitrogen and oxygen atoms in total. The molecule has 0 spiro atoms. The van der Waals surface area contributed by atoms with Gasteiger partial charge in [-0.25, -0.2) is 4.79 Å². The van der Waals surface area contributed by atoms with Crippen molar-refractivity contribution >= 4 is 11.9 Å². The molecule has 0 aromatic heterocycles. The van der Waals surface area contributed by atoms with Crippen molar-refractivity contribution in [2.24, 2.45) is 5.92 Å². The molecule has 0 aromatic rings. The van der Waals surface area contributed by atoms with Crippen LogP contribution in [0, 0.1) is 5.92 Å². The summed E-state index contributed by atoms with van der Waals surface area (Å²) in [5, 5.41) is 11.9. The molecule has 0 aromatic carbocycles. The largest absolute Gasteiger partial charge is 0.480 e. The fourth-order valence-electron chi connectivity index (χ4n) is 2.71. The number of carboxylic acid groups (broad SMARTS) is 1. The molecule has 1 saturated heterocycles. The summed E-state index contributed by atoms with van der Waals surface area (Å²) in [6.45, 7) is 1.85. The molecule has 1 saturated carbocycles. The highest BCUT2D eigenvalue weighted by atomic mass is 16.5. The molecular formula is C13H21NO5. The quantitative estimate of drug-likeness (QED) is 0.737. The highest BCUT2D eigenvalue weighted by Crippen LogP contribution is 2.29. The highest BCUT2D eigenvalue weighted by Gasteiger charge is 2.42. The second-order valence-corrected chi connectivity index (χ2v) is 5.39. The Morgan fingerprint density at radius 1 is 1.37 bits per heavy atom. The van der Waals surface area contributed by atoms with Crippen LogP contribution in [0.3, 0.4) is 0 Å². The first-order valence-electron chi connectivity index (χ1n) is 6.82. The van der Waals surface area contributed by atoms with E-state index in [1.807, 2.05) is 0 Å². The molecule has 2 fully saturated rings. The standard InChI is InChI=1S/C13H21NO5/c15-11(9-19-8-10-3-6-18-7-10)14-13(12(16)17)4-1-2-5-13/h10H,1-9H2,(H,14,15)(H,16,17)/t10-/m1/s1. The van der Waals surface area contributed by atoms with Crippen LogP contribution in [0.25, 0.3) is 0 Å². The second kappa shape index (κ2) is 6.34. The Labute approximate surface area is 112 Å². The molecule has 2 aliphatic rings. The first kappa shape index (κ1) is 14.3. The summed E-state index contributed by atoms with van der Waals surface area (Å²) in [5.41, 5.74) is -1.07. The summed E-state index contributed by atoms with van der Waals surface area (Å²) in [6.07, 6.45) is 3.65. The fraction of sp³-hybridized carbons (Fsp3) is 0.846. The molecule has 2 N–H and O–H groups in total. The van der Waals surface area contributed by atoms with Crippen LogP contribution in [0.2, 0.25) is 0 Å². The van der Waals surface area contributed by atoms with E-state index < -0.39 is 11.5 Å². The molecule has 1 heterocycles. The number of aliphatic carboxylic acids is 1. The lowest BCUT2D eigenvalue weighted by atomic mass is 9.98. The molecule has 19 heavy (non-hydrogen) atoms. The number of carbonyl (C=O) groups excluding carboxylic acids is 1. The van der Waals surface area contributed by atoms with Gasteiger partial charge in [-0.2, -0.15) is 0 Å². The number of carboxylic acids is 1. The molecule has 0 bridgehead atoms. The van der Waals surface area contributed by atoms with Crippen molar-refractivity contribution in [3.63, 3.8) is 0 Å². The van der Waals surface area contributed by atoms with Crippen LogP contribution in [0.1, 0.15) is 32.1 Å². The van der Waals surface area contributed by atoms with Crippen LogP contribution in [0.15, 0.2) is 0 Å². The van der Waals surface area contributed by atoms with Crippen molar-refractivity contribution in [3.05, 3.63) is 0 Å². The lowest BCUT2D eigenvalue weighted by Gasteiger charge is -2.25. The monoisotopic (exact) mass is 271 g/mol. The molecule has 1 aliphatic carbocycles. The Hall–Kier alpha value is -1.14. The van der Waals surface area contributed by atoms with Gasteiger partial charge in [-0.05, 0) is 19.3 Å². The molecule has 0 radical (unpaired) electrons. The first-order chi connectivity index (χ1) is 9.12. The molecule has 1 atom stereocenters. The topological polar surface area (TPSA) is 84.9 Å². The maximum Gasteiger partial charge on any atom is 0.329 e. The molecule has 6 heteroatoms. The number of nitrogens with one attached hydrogen (secondary N) is 1. The smallest absolute Gasteiger partial charge is 0.329 e. The number of hydrogen-bond donors (Lipinski definition) is 2. The van der Waals surface area contributed by atoms with Crippen LogP contribution in [-0.2, 0) is 19.1 Å². The third-order valence-electron chi connectivity index (χ3n) is 3.86. The summed E-state index contributed by atoms with van der Waals surface area (Å²) in [4.78, 5) is 23.0. The van der Waals surface area contributed by atoms with E-state index in [0.29, 0.717) is 32.0 Å². The van der Waals surface area contributed by atoms with E-state index >= 15 is 0 Å². The van der Waals surface area contributed by atoms with E-state index in [2.05, 4.69) is 5.32 Å². The van der Waals surface area contributed by atoms with E-state index in [1.165, 1.54) is 0 Å². The Balaban J connectivity index is 1.72. The van der Waals surface area contributed by atoms with Gasteiger partial charge >= 0.3 is 5.97 Å². The molecule has 0 unspecified atom stereocenters. The lowest BCUT2D eigenvalue weighted by molar-refractivity contribution is -0.148. The van der Waals surface area contributed by atoms with Gasteiger partial charge in [0.05, 0.1) is 13.2 Å². The maximum absolute atomic E-state index is 11.8. The van der Waals surface area contributed by atoms with Crippen LogP contribution in [0.5, 0.6) is 0 Å². The number of amides is 1. The van der Waals surface area contributed by atoms with Gasteiger partial charge in [0.2, 0.25) is 5.91 Å². The van der Waals surface area contributed by atoms with Crippen molar-refractivity contribution < 1.29 is 24.2 Å². The average molecular weight is 271 g/mol. The van der Waals surface area contributed by atoms with Gasteiger partial charge in [0.25, 0.3) is 0 Å². The molecule has 1 amide bonds. The van der Waals surface area contributed by atoms with Gasteiger partial charge in [0.1, 0.15) is 12.1 Å². The average Bonchev–Trinajstić information content (AvgIpc) is 3.00. The SMILES string of the molecule is O=C(COC[C@@H]1CCOC1)NC1(C(=O)O)CCCC1. The van der Waals surface area contributed by atoms with E-state index in [9.17, 15) is 14.7 Å². The van der Waals surface area contributed by atoms with Gasteiger partial charge in [-0.1, -0.05) is 12.8 Å². The Morgan fingerprint density at radius 2 is 2.11 bits per heavy atom. The maximum atomic E-state index is 11.8. The third kappa shape index (κ3) is 3.67. The zero-order chi connectivity index (χ0) is 13.7. The minimum absolute atomic E-state index is 0.0778. The lowest BCUT2D eigenvalue weighted by Crippen LogP contribution is -2.53. The Morgan fingerprint density at radius 3 is 2.68 bits per heavy atom. The molecule has 2 rings (SSSR count). The zero-order valence-electron chi connectivity index (χ0n) is 11.0. The summed E-state index contributed by atoms with van der Waals surface area (Å²) in [6, 6.07) is 0. The fourth-order valence-corrected chi connectivity index (χ4v) is 2.71. The Kier molecular flexibility index (Phi) is 4.76. The highest BCUT2D eigenvalue weighted by molar-refractivity contribution is 5.87. The minimum Gasteiger partial charge on any atom is -0.480 e. The van der Waals surface area contributed by atoms with Crippen LogP contribution in [-0.4, -0.2) is 48.9 Å². The van der Waals surface area contributed by atoms with Crippen molar-refractivity contribution in [2.45, 2.75) is 37.6 Å². The van der Waals surface area contributed by atoms with Gasteiger partial charge in [-0.3, -0.25) is 4.79 Å². The summed E-state index contributed by atoms with van der Waals surface area (Å²) < 4.78 is 10.5. The van der Waals surface area contributed by atoms with Gasteiger partial charge in [0.15, 0.2) is 0 Å². The van der Waals surface area contributed by atoms with E-state index in [1.54, 1.807) is 0 Å². The summed E-state index contributed by atoms with van der Waals surface area (Å²) in [5.74, 6) is -0.932. The molecular weight excluding hydrogens is 250 g/mol. The van der Waals surface area contributed by atoms with Crippen molar-refractivity contribution in [3.8, 4) is 0 Å². The predicted molar refractivity (Wildman–Crippen MR) is 66.7 cm³/mol. The van der Waals surface area contributed by atoms with Crippen molar-refractivity contribution in [1.29, 1.82) is 0 Å². The van der Waals surface area contributed by atoms with E-state index in [0.717, 1.165) is 25.9 Å². The number of carbonyl (C=O) groups is 2. The summed E-state index contributed by atoms with van der Waals surface area (Å²) in [7, 11) is 0. The zero-order valence-corrected chi connectivity index (χ0v) is 11.0. The van der Waals surface area contributed by atoms with E-state index in [4.69, 9.17) is 9.47 Å². The van der Waals surface area contributed by atoms with Gasteiger partial charge in [0, 0.05) is 12.5 Å². The number of hydrogen-bond acceptors (Lipinski definition) is 4. The van der Waals surface area contributed by atoms with Crippen molar-refractivity contribution in [1.82, 2.24) is 5.32 Å². The van der Waals surface area contributed by atoms with Crippen LogP contribution in [0.4, 0.5) is 0 Å². The summed E-state index contributed by atoms with van der Waals surface area (Å²) >= 11 is 0. The van der Waals surface area contributed by atoms with Gasteiger partial charge in [-0.15, -0.1) is 0 Å². The molecule has 1 aliphatic heterocycles. The third-order valence-corrected chi connectivity index (χ3v) is 3.86. The van der Waals surface area contributed by atoms with Crippen LogP contribution >= 0.6 is 0 Å². The van der Waals surface area contributed by atoms with Crippen LogP contribution < -0.4 is 5.32 Å². The number of rotatable bonds is 6. The first-order valence-corrected chi connectivity index (χ1v) is 6.82. The van der Waals surface area contributed by atoms with E-state index in [-0.39, 0.29) is 12.5 Å². The van der Waals surface area contributed by atoms with Gasteiger partial charge < -0.3 is 19.9 Å².